The van der Waals surface area contributed by atoms with E-state index in [0.29, 0.717) is 17.1 Å². The Kier molecular flexibility index (Phi) is 4.39. The lowest BCUT2D eigenvalue weighted by Crippen LogP contribution is -2.03. The van der Waals surface area contributed by atoms with Crippen molar-refractivity contribution in [2.24, 2.45) is 0 Å². The van der Waals surface area contributed by atoms with Gasteiger partial charge in [0.25, 0.3) is 0 Å². The number of aromatic carboxylic acids is 1. The topological polar surface area (TPSA) is 88.5 Å². The molecular weight excluding hydrogens is 296 g/mol. The highest BCUT2D eigenvalue weighted by molar-refractivity contribution is 6.33. The number of methoxy groups -OCH3 is 1. The standard InChI is InChI=1S/C14H11ClN2O4/c1-21-14(20)8-4-5-16-12(6-8)17-9-2-3-10(13(18)19)11(15)7-9/h2-7H,1H3,(H,16,17)(H,18,19). The highest BCUT2D eigenvalue weighted by Gasteiger charge is 2.10. The first-order valence-corrected chi connectivity index (χ1v) is 6.23. The molecule has 0 aliphatic rings. The minimum atomic E-state index is -1.10. The maximum Gasteiger partial charge on any atom is 0.338 e. The van der Waals surface area contributed by atoms with Gasteiger partial charge >= 0.3 is 11.9 Å². The number of nitrogens with zero attached hydrogens (tertiary/aromatic N) is 1. The number of anilines is 2. The van der Waals surface area contributed by atoms with Crippen molar-refractivity contribution in [2.45, 2.75) is 0 Å². The molecular formula is C14H11ClN2O4. The van der Waals surface area contributed by atoms with E-state index in [1.54, 1.807) is 6.07 Å². The summed E-state index contributed by atoms with van der Waals surface area (Å²) >= 11 is 5.88. The van der Waals surface area contributed by atoms with Gasteiger partial charge in [0.15, 0.2) is 0 Å². The van der Waals surface area contributed by atoms with Crippen molar-refractivity contribution in [1.82, 2.24) is 4.98 Å². The Morgan fingerprint density at radius 1 is 1.29 bits per heavy atom. The summed E-state index contributed by atoms with van der Waals surface area (Å²) in [5.74, 6) is -1.16. The second-order valence-electron chi connectivity index (χ2n) is 4.05. The number of benzene rings is 1. The van der Waals surface area contributed by atoms with Gasteiger partial charge in [0, 0.05) is 11.9 Å². The van der Waals surface area contributed by atoms with Gasteiger partial charge in [-0.3, -0.25) is 0 Å². The van der Waals surface area contributed by atoms with E-state index in [0.717, 1.165) is 0 Å². The van der Waals surface area contributed by atoms with Crippen LogP contribution in [0.5, 0.6) is 0 Å². The Morgan fingerprint density at radius 3 is 2.67 bits per heavy atom. The largest absolute Gasteiger partial charge is 0.478 e. The van der Waals surface area contributed by atoms with Crippen molar-refractivity contribution in [3.05, 3.63) is 52.7 Å². The minimum Gasteiger partial charge on any atom is -0.478 e. The molecule has 0 spiro atoms. The average Bonchev–Trinajstić information content (AvgIpc) is 2.46. The van der Waals surface area contributed by atoms with Crippen molar-refractivity contribution < 1.29 is 19.4 Å². The summed E-state index contributed by atoms with van der Waals surface area (Å²) in [6.45, 7) is 0. The van der Waals surface area contributed by atoms with E-state index in [2.05, 4.69) is 15.0 Å². The lowest BCUT2D eigenvalue weighted by Gasteiger charge is -2.08. The summed E-state index contributed by atoms with van der Waals surface area (Å²) in [5.41, 5.74) is 0.918. The normalized spacial score (nSPS) is 10.0. The van der Waals surface area contributed by atoms with E-state index < -0.39 is 11.9 Å². The molecule has 0 radical (unpaired) electrons. The predicted molar refractivity (Wildman–Crippen MR) is 77.3 cm³/mol. The molecule has 0 saturated carbocycles. The van der Waals surface area contributed by atoms with Crippen LogP contribution in [0, 0.1) is 0 Å². The van der Waals surface area contributed by atoms with Gasteiger partial charge in [-0.1, -0.05) is 11.6 Å². The predicted octanol–water partition coefficient (Wildman–Crippen LogP) is 2.96. The van der Waals surface area contributed by atoms with Crippen molar-refractivity contribution in [2.75, 3.05) is 12.4 Å². The fraction of sp³-hybridized carbons (Fsp3) is 0.0714. The second-order valence-corrected chi connectivity index (χ2v) is 4.45. The molecule has 2 aromatic rings. The Bertz CT molecular complexity index is 703. The van der Waals surface area contributed by atoms with E-state index in [-0.39, 0.29) is 10.6 Å². The summed E-state index contributed by atoms with van der Waals surface area (Å²) < 4.78 is 4.62. The Labute approximate surface area is 125 Å². The van der Waals surface area contributed by atoms with Crippen molar-refractivity contribution in [3.8, 4) is 0 Å². The van der Waals surface area contributed by atoms with Gasteiger partial charge in [-0.15, -0.1) is 0 Å². The molecule has 7 heteroatoms. The molecule has 1 aromatic heterocycles. The van der Waals surface area contributed by atoms with Crippen LogP contribution in [0.15, 0.2) is 36.5 Å². The molecule has 0 bridgehead atoms. The van der Waals surface area contributed by atoms with Crippen LogP contribution in [0.25, 0.3) is 0 Å². The highest BCUT2D eigenvalue weighted by Crippen LogP contribution is 2.23. The van der Waals surface area contributed by atoms with Gasteiger partial charge in [0.05, 0.1) is 23.3 Å². The zero-order chi connectivity index (χ0) is 15.4. The smallest absolute Gasteiger partial charge is 0.338 e. The average molecular weight is 307 g/mol. The molecule has 0 atom stereocenters. The summed E-state index contributed by atoms with van der Waals surface area (Å²) in [7, 11) is 1.29. The SMILES string of the molecule is COC(=O)c1ccnc(Nc2ccc(C(=O)O)c(Cl)c2)c1. The van der Waals surface area contributed by atoms with Crippen LogP contribution in [0.2, 0.25) is 5.02 Å². The zero-order valence-electron chi connectivity index (χ0n) is 11.0. The van der Waals surface area contributed by atoms with Crippen LogP contribution in [-0.4, -0.2) is 29.1 Å². The third kappa shape index (κ3) is 3.49. The molecule has 2 N–H and O–H groups in total. The first-order valence-electron chi connectivity index (χ1n) is 5.85. The van der Waals surface area contributed by atoms with Crippen molar-refractivity contribution in [3.63, 3.8) is 0 Å². The Hall–Kier alpha value is -2.60. The number of hydrogen-bond donors (Lipinski definition) is 2. The Balaban J connectivity index is 2.24. The number of aromatic nitrogens is 1. The molecule has 0 aliphatic heterocycles. The molecule has 6 nitrogen and oxygen atoms in total. The quantitative estimate of drug-likeness (QED) is 0.844. The Morgan fingerprint density at radius 2 is 2.05 bits per heavy atom. The van der Waals surface area contributed by atoms with E-state index in [1.165, 1.54) is 37.6 Å². The first kappa shape index (κ1) is 14.8. The number of esters is 1. The van der Waals surface area contributed by atoms with Gasteiger partial charge in [-0.25, -0.2) is 14.6 Å². The monoisotopic (exact) mass is 306 g/mol. The third-order valence-corrected chi connectivity index (χ3v) is 2.97. The maximum absolute atomic E-state index is 11.4. The van der Waals surface area contributed by atoms with Crippen LogP contribution < -0.4 is 5.32 Å². The molecule has 2 rings (SSSR count). The van der Waals surface area contributed by atoms with Crippen LogP contribution >= 0.6 is 11.6 Å². The lowest BCUT2D eigenvalue weighted by atomic mass is 10.2. The molecule has 0 saturated heterocycles. The molecule has 0 amide bonds. The van der Waals surface area contributed by atoms with E-state index in [1.807, 2.05) is 0 Å². The van der Waals surface area contributed by atoms with Gasteiger partial charge in [0.1, 0.15) is 5.82 Å². The highest BCUT2D eigenvalue weighted by atomic mass is 35.5. The van der Waals surface area contributed by atoms with E-state index >= 15 is 0 Å². The summed E-state index contributed by atoms with van der Waals surface area (Å²) in [6, 6.07) is 7.46. The summed E-state index contributed by atoms with van der Waals surface area (Å²) in [6.07, 6.45) is 1.46. The number of carbonyl (C=O) groups is 2. The number of ether oxygens (including phenoxy) is 1. The van der Waals surface area contributed by atoms with E-state index in [4.69, 9.17) is 16.7 Å². The molecule has 0 unspecified atom stereocenters. The van der Waals surface area contributed by atoms with E-state index in [9.17, 15) is 9.59 Å². The number of halogens is 1. The van der Waals surface area contributed by atoms with Crippen LogP contribution in [0.1, 0.15) is 20.7 Å². The summed E-state index contributed by atoms with van der Waals surface area (Å²) in [4.78, 5) is 26.4. The molecule has 0 aliphatic carbocycles. The number of carboxylic acids is 1. The third-order valence-electron chi connectivity index (χ3n) is 2.65. The minimum absolute atomic E-state index is 0.0125. The molecule has 1 heterocycles. The van der Waals surface area contributed by atoms with Gasteiger partial charge in [-0.05, 0) is 30.3 Å². The number of carboxylic acid groups (broad SMARTS) is 1. The fourth-order valence-electron chi connectivity index (χ4n) is 1.66. The number of pyridine rings is 1. The summed E-state index contributed by atoms with van der Waals surface area (Å²) in [5, 5.41) is 11.9. The van der Waals surface area contributed by atoms with Crippen molar-refractivity contribution in [1.29, 1.82) is 0 Å². The number of hydrogen-bond acceptors (Lipinski definition) is 5. The fourth-order valence-corrected chi connectivity index (χ4v) is 1.92. The van der Waals surface area contributed by atoms with Crippen LogP contribution in [-0.2, 0) is 4.74 Å². The van der Waals surface area contributed by atoms with Crippen LogP contribution in [0.4, 0.5) is 11.5 Å². The number of carbonyl (C=O) groups excluding carboxylic acids is 1. The van der Waals surface area contributed by atoms with Gasteiger partial charge in [0.2, 0.25) is 0 Å². The molecule has 1 aromatic carbocycles. The number of rotatable bonds is 4. The molecule has 21 heavy (non-hydrogen) atoms. The zero-order valence-corrected chi connectivity index (χ0v) is 11.7. The van der Waals surface area contributed by atoms with Gasteiger partial charge in [-0.2, -0.15) is 0 Å². The van der Waals surface area contributed by atoms with Crippen molar-refractivity contribution >= 4 is 35.0 Å². The van der Waals surface area contributed by atoms with Crippen LogP contribution in [0.3, 0.4) is 0 Å². The molecule has 0 fully saturated rings. The first-order chi connectivity index (χ1) is 10.0. The lowest BCUT2D eigenvalue weighted by molar-refractivity contribution is 0.0599. The number of nitrogens with one attached hydrogen (secondary N) is 1. The van der Waals surface area contributed by atoms with Gasteiger partial charge < -0.3 is 15.2 Å². The molecule has 108 valence electrons. The second kappa shape index (κ2) is 6.23. The maximum atomic E-state index is 11.4.